The van der Waals surface area contributed by atoms with Gasteiger partial charge in [0.1, 0.15) is 5.75 Å². The predicted molar refractivity (Wildman–Crippen MR) is 87.8 cm³/mol. The highest BCUT2D eigenvalue weighted by Gasteiger charge is 2.20. The molecule has 6 heteroatoms. The summed E-state index contributed by atoms with van der Waals surface area (Å²) in [6.07, 6.45) is 7.05. The van der Waals surface area contributed by atoms with E-state index in [-0.39, 0.29) is 12.1 Å². The molecule has 1 atom stereocenters. The third-order valence-electron chi connectivity index (χ3n) is 4.21. The number of amides is 2. The molecule has 3 rings (SSSR count). The molecule has 1 heterocycles. The molecule has 2 aromatic rings. The van der Waals surface area contributed by atoms with Crippen LogP contribution in [-0.2, 0) is 0 Å². The summed E-state index contributed by atoms with van der Waals surface area (Å²) in [5, 5.41) is 10.3. The van der Waals surface area contributed by atoms with E-state index in [1.165, 1.54) is 6.42 Å². The number of aromatic nitrogens is 2. The lowest BCUT2D eigenvalue weighted by molar-refractivity contribution is 0.225. The van der Waals surface area contributed by atoms with Gasteiger partial charge in [0.2, 0.25) is 0 Å². The molecule has 1 aliphatic rings. The number of urea groups is 1. The number of hydrogen-bond donors (Lipinski definition) is 2. The maximum absolute atomic E-state index is 11.9. The molecule has 1 aliphatic carbocycles. The van der Waals surface area contributed by atoms with Gasteiger partial charge in [-0.3, -0.25) is 0 Å². The number of nitrogens with zero attached hydrogens (tertiary/aromatic N) is 2. The minimum atomic E-state index is -0.115. The lowest BCUT2D eigenvalue weighted by Gasteiger charge is -2.27. The lowest BCUT2D eigenvalue weighted by Crippen LogP contribution is -2.45. The van der Waals surface area contributed by atoms with E-state index < -0.39 is 0 Å². The molecule has 23 heavy (non-hydrogen) atoms. The van der Waals surface area contributed by atoms with Crippen molar-refractivity contribution in [1.82, 2.24) is 20.4 Å². The van der Waals surface area contributed by atoms with Crippen LogP contribution in [0.1, 0.15) is 37.8 Å². The molecular weight excluding hydrogens is 292 g/mol. The molecule has 1 saturated carbocycles. The number of carbonyl (C=O) groups is 1. The molecule has 1 aromatic heterocycles. The first-order valence-corrected chi connectivity index (χ1v) is 7.92. The molecule has 0 aliphatic heterocycles. The number of ether oxygens (including phenoxy) is 1. The largest absolute Gasteiger partial charge is 0.497 e. The first-order chi connectivity index (χ1) is 11.2. The molecule has 0 unspecified atom stereocenters. The van der Waals surface area contributed by atoms with E-state index in [1.54, 1.807) is 18.0 Å². The maximum Gasteiger partial charge on any atom is 0.315 e. The van der Waals surface area contributed by atoms with Gasteiger partial charge in [0.05, 0.1) is 25.0 Å². The van der Waals surface area contributed by atoms with Gasteiger partial charge in [-0.05, 0) is 38.3 Å². The fourth-order valence-corrected chi connectivity index (χ4v) is 2.51. The molecule has 0 bridgehead atoms. The van der Waals surface area contributed by atoms with E-state index in [1.807, 2.05) is 37.4 Å². The highest BCUT2D eigenvalue weighted by atomic mass is 16.5. The molecule has 1 fully saturated rings. The zero-order valence-corrected chi connectivity index (χ0v) is 13.5. The average Bonchev–Trinajstić information content (AvgIpc) is 3.01. The third kappa shape index (κ3) is 3.64. The van der Waals surface area contributed by atoms with Crippen LogP contribution in [0.15, 0.2) is 36.7 Å². The molecule has 0 radical (unpaired) electrons. The first kappa shape index (κ1) is 15.4. The van der Waals surface area contributed by atoms with Crippen molar-refractivity contribution in [2.24, 2.45) is 0 Å². The Balaban J connectivity index is 1.64. The monoisotopic (exact) mass is 314 g/mol. The SMILES string of the molecule is COc1cccc(-n2cc([C@H](C)NC(=O)NC3CCC3)cn2)c1. The maximum atomic E-state index is 11.9. The lowest BCUT2D eigenvalue weighted by atomic mass is 9.93. The van der Waals surface area contributed by atoms with E-state index in [4.69, 9.17) is 4.74 Å². The van der Waals surface area contributed by atoms with E-state index in [9.17, 15) is 4.79 Å². The second-order valence-corrected chi connectivity index (χ2v) is 5.89. The van der Waals surface area contributed by atoms with Crippen molar-refractivity contribution in [3.8, 4) is 11.4 Å². The van der Waals surface area contributed by atoms with Crippen LogP contribution < -0.4 is 15.4 Å². The van der Waals surface area contributed by atoms with Crippen LogP contribution in [0.2, 0.25) is 0 Å². The topological polar surface area (TPSA) is 68.2 Å². The third-order valence-corrected chi connectivity index (χ3v) is 4.21. The Labute approximate surface area is 135 Å². The number of hydrogen-bond acceptors (Lipinski definition) is 3. The summed E-state index contributed by atoms with van der Waals surface area (Å²) in [5.41, 5.74) is 1.87. The van der Waals surface area contributed by atoms with Gasteiger partial charge in [-0.15, -0.1) is 0 Å². The number of carbonyl (C=O) groups excluding carboxylic acids is 1. The van der Waals surface area contributed by atoms with Gasteiger partial charge < -0.3 is 15.4 Å². The average molecular weight is 314 g/mol. The Hall–Kier alpha value is -2.50. The minimum absolute atomic E-state index is 0.102. The molecule has 0 spiro atoms. The van der Waals surface area contributed by atoms with Crippen LogP contribution in [0.3, 0.4) is 0 Å². The van der Waals surface area contributed by atoms with Gasteiger partial charge in [0.25, 0.3) is 0 Å². The Kier molecular flexibility index (Phi) is 4.50. The van der Waals surface area contributed by atoms with Gasteiger partial charge in [-0.25, -0.2) is 9.48 Å². The molecule has 122 valence electrons. The van der Waals surface area contributed by atoms with Crippen LogP contribution in [0.5, 0.6) is 5.75 Å². The van der Waals surface area contributed by atoms with Gasteiger partial charge in [-0.2, -0.15) is 5.10 Å². The number of nitrogens with one attached hydrogen (secondary N) is 2. The van der Waals surface area contributed by atoms with Gasteiger partial charge in [0.15, 0.2) is 0 Å². The predicted octanol–water partition coefficient (Wildman–Crippen LogP) is 2.79. The highest BCUT2D eigenvalue weighted by Crippen LogP contribution is 2.19. The van der Waals surface area contributed by atoms with Gasteiger partial charge in [-0.1, -0.05) is 6.07 Å². The number of benzene rings is 1. The van der Waals surface area contributed by atoms with E-state index in [0.717, 1.165) is 29.8 Å². The fraction of sp³-hybridized carbons (Fsp3) is 0.412. The second kappa shape index (κ2) is 6.73. The molecule has 1 aromatic carbocycles. The van der Waals surface area contributed by atoms with E-state index in [0.29, 0.717) is 6.04 Å². The summed E-state index contributed by atoms with van der Waals surface area (Å²) in [6, 6.07) is 7.80. The molecule has 6 nitrogen and oxygen atoms in total. The molecule has 2 N–H and O–H groups in total. The molecule has 0 saturated heterocycles. The fourth-order valence-electron chi connectivity index (χ4n) is 2.51. The van der Waals surface area contributed by atoms with Crippen molar-refractivity contribution in [2.45, 2.75) is 38.3 Å². The number of rotatable bonds is 5. The van der Waals surface area contributed by atoms with E-state index in [2.05, 4.69) is 15.7 Å². The van der Waals surface area contributed by atoms with Crippen LogP contribution >= 0.6 is 0 Å². The van der Waals surface area contributed by atoms with Crippen molar-refractivity contribution in [2.75, 3.05) is 7.11 Å². The quantitative estimate of drug-likeness (QED) is 0.891. The molecule has 2 amide bonds. The smallest absolute Gasteiger partial charge is 0.315 e. The number of methoxy groups -OCH3 is 1. The Morgan fingerprint density at radius 3 is 2.96 bits per heavy atom. The van der Waals surface area contributed by atoms with Crippen LogP contribution in [0, 0.1) is 0 Å². The molecular formula is C17H22N4O2. The van der Waals surface area contributed by atoms with E-state index >= 15 is 0 Å². The Morgan fingerprint density at radius 1 is 1.43 bits per heavy atom. The van der Waals surface area contributed by atoms with Crippen LogP contribution in [0.25, 0.3) is 5.69 Å². The zero-order chi connectivity index (χ0) is 16.2. The summed E-state index contributed by atoms with van der Waals surface area (Å²) in [4.78, 5) is 11.9. The summed E-state index contributed by atoms with van der Waals surface area (Å²) < 4.78 is 7.01. The van der Waals surface area contributed by atoms with Gasteiger partial charge >= 0.3 is 6.03 Å². The minimum Gasteiger partial charge on any atom is -0.497 e. The van der Waals surface area contributed by atoms with Crippen molar-refractivity contribution >= 4 is 6.03 Å². The van der Waals surface area contributed by atoms with Gasteiger partial charge in [0, 0.05) is 23.9 Å². The normalized spacial score (nSPS) is 15.6. The van der Waals surface area contributed by atoms with Crippen LogP contribution in [-0.4, -0.2) is 29.0 Å². The summed E-state index contributed by atoms with van der Waals surface area (Å²) in [5.74, 6) is 0.783. The first-order valence-electron chi connectivity index (χ1n) is 7.92. The van der Waals surface area contributed by atoms with Crippen molar-refractivity contribution in [3.63, 3.8) is 0 Å². The van der Waals surface area contributed by atoms with Crippen molar-refractivity contribution < 1.29 is 9.53 Å². The Bertz CT molecular complexity index is 679. The summed E-state index contributed by atoms with van der Waals surface area (Å²) in [6.45, 7) is 1.95. The summed E-state index contributed by atoms with van der Waals surface area (Å²) >= 11 is 0. The highest BCUT2D eigenvalue weighted by molar-refractivity contribution is 5.74. The second-order valence-electron chi connectivity index (χ2n) is 5.89. The van der Waals surface area contributed by atoms with Crippen molar-refractivity contribution in [3.05, 3.63) is 42.2 Å². The van der Waals surface area contributed by atoms with Crippen LogP contribution in [0.4, 0.5) is 4.79 Å². The van der Waals surface area contributed by atoms with Crippen molar-refractivity contribution in [1.29, 1.82) is 0 Å². The standard InChI is InChI=1S/C17H22N4O2/c1-12(19-17(22)20-14-5-3-6-14)13-10-18-21(11-13)15-7-4-8-16(9-15)23-2/h4,7-12,14H,3,5-6H2,1-2H3,(H2,19,20,22)/t12-/m0/s1. The Morgan fingerprint density at radius 2 is 2.26 bits per heavy atom. The summed E-state index contributed by atoms with van der Waals surface area (Å²) in [7, 11) is 1.64. The zero-order valence-electron chi connectivity index (χ0n) is 13.5.